The van der Waals surface area contributed by atoms with Crippen LogP contribution in [0.4, 0.5) is 0 Å². The lowest BCUT2D eigenvalue weighted by Gasteiger charge is -2.13. The molecule has 0 fully saturated rings. The van der Waals surface area contributed by atoms with E-state index in [2.05, 4.69) is 44.2 Å². The first-order valence-corrected chi connectivity index (χ1v) is 5.66. The monoisotopic (exact) mass is 201 g/mol. The molecule has 0 rings (SSSR count). The predicted octanol–water partition coefficient (Wildman–Crippen LogP) is 2.68. The van der Waals surface area contributed by atoms with Gasteiger partial charge in [0.1, 0.15) is 0 Å². The lowest BCUT2D eigenvalue weighted by Crippen LogP contribution is -2.21. The fraction of sp³-hybridized carbons (Fsp3) is 0.818. The highest BCUT2D eigenvalue weighted by Crippen LogP contribution is 1.86. The molecule has 2 heteroatoms. The maximum absolute atomic E-state index is 4.93. The number of nitrogens with zero attached hydrogens (tertiary/aromatic N) is 1. The van der Waals surface area contributed by atoms with E-state index in [4.69, 9.17) is 6.42 Å². The van der Waals surface area contributed by atoms with Crippen LogP contribution < -0.4 is 0 Å². The van der Waals surface area contributed by atoms with Gasteiger partial charge in [0.05, 0.1) is 0 Å². The molecular weight excluding hydrogens is 178 g/mol. The zero-order chi connectivity index (χ0) is 10.5. The van der Waals surface area contributed by atoms with Crippen LogP contribution >= 0.6 is 12.6 Å². The first-order valence-electron chi connectivity index (χ1n) is 5.03. The van der Waals surface area contributed by atoms with Crippen molar-refractivity contribution in [2.24, 2.45) is 0 Å². The van der Waals surface area contributed by atoms with Crippen molar-refractivity contribution in [3.8, 4) is 12.3 Å². The van der Waals surface area contributed by atoms with Crippen molar-refractivity contribution in [2.75, 3.05) is 25.4 Å². The first kappa shape index (κ1) is 15.3. The molecule has 13 heavy (non-hydrogen) atoms. The van der Waals surface area contributed by atoms with Crippen molar-refractivity contribution in [2.45, 2.75) is 33.6 Å². The second-order valence-electron chi connectivity index (χ2n) is 2.65. The summed E-state index contributed by atoms with van der Waals surface area (Å²) in [7, 11) is 0. The van der Waals surface area contributed by atoms with Gasteiger partial charge in [0, 0.05) is 6.42 Å². The normalized spacial score (nSPS) is 8.92. The highest BCUT2D eigenvalue weighted by atomic mass is 32.1. The molecule has 0 aliphatic heterocycles. The summed E-state index contributed by atoms with van der Waals surface area (Å²) in [5.41, 5.74) is 0. The van der Waals surface area contributed by atoms with Crippen molar-refractivity contribution in [3.05, 3.63) is 0 Å². The van der Waals surface area contributed by atoms with Crippen LogP contribution in [-0.2, 0) is 0 Å². The van der Waals surface area contributed by atoms with Crippen LogP contribution in [0, 0.1) is 12.3 Å². The van der Waals surface area contributed by atoms with Crippen molar-refractivity contribution < 1.29 is 0 Å². The van der Waals surface area contributed by atoms with Crippen LogP contribution in [0.1, 0.15) is 33.6 Å². The molecule has 0 aromatic rings. The second-order valence-corrected chi connectivity index (χ2v) is 3.10. The van der Waals surface area contributed by atoms with E-state index in [-0.39, 0.29) is 0 Å². The van der Waals surface area contributed by atoms with E-state index in [0.29, 0.717) is 0 Å². The van der Waals surface area contributed by atoms with Gasteiger partial charge in [0.2, 0.25) is 0 Å². The number of hydrogen-bond donors (Lipinski definition) is 1. The van der Waals surface area contributed by atoms with Crippen molar-refractivity contribution in [1.82, 2.24) is 4.90 Å². The van der Waals surface area contributed by atoms with E-state index in [0.717, 1.165) is 18.6 Å². The van der Waals surface area contributed by atoms with Crippen LogP contribution in [0.25, 0.3) is 0 Å². The minimum atomic E-state index is 0.865. The molecular formula is C11H23NS. The molecule has 0 amide bonds. The van der Waals surface area contributed by atoms with Crippen LogP contribution in [0.2, 0.25) is 0 Å². The molecule has 0 atom stereocenters. The van der Waals surface area contributed by atoms with Crippen molar-refractivity contribution in [1.29, 1.82) is 0 Å². The van der Waals surface area contributed by atoms with E-state index in [1.165, 1.54) is 19.6 Å². The van der Waals surface area contributed by atoms with Gasteiger partial charge in [-0.25, -0.2) is 0 Å². The summed E-state index contributed by atoms with van der Waals surface area (Å²) in [6.07, 6.45) is 6.84. The highest BCUT2D eigenvalue weighted by molar-refractivity contribution is 7.80. The van der Waals surface area contributed by atoms with E-state index in [9.17, 15) is 0 Å². The minimum absolute atomic E-state index is 0.865. The molecule has 0 saturated carbocycles. The summed E-state index contributed by atoms with van der Waals surface area (Å²) in [4.78, 5) is 2.38. The molecule has 0 unspecified atom stereocenters. The quantitative estimate of drug-likeness (QED) is 0.407. The number of hydrogen-bond acceptors (Lipinski definition) is 2. The molecule has 0 heterocycles. The number of unbranched alkanes of at least 4 members (excludes halogenated alkanes) is 1. The lowest BCUT2D eigenvalue weighted by molar-refractivity contribution is 0.321. The zero-order valence-electron chi connectivity index (χ0n) is 9.21. The zero-order valence-corrected chi connectivity index (χ0v) is 10.1. The molecule has 1 nitrogen and oxygen atoms in total. The highest BCUT2D eigenvalue weighted by Gasteiger charge is 1.89. The predicted molar refractivity (Wildman–Crippen MR) is 65.4 cm³/mol. The van der Waals surface area contributed by atoms with E-state index in [1.54, 1.807) is 0 Å². The Bertz CT molecular complexity index is 108. The fourth-order valence-electron chi connectivity index (χ4n) is 0.852. The Morgan fingerprint density at radius 2 is 1.62 bits per heavy atom. The smallest absolute Gasteiger partial charge is 0.00938 e. The summed E-state index contributed by atoms with van der Waals surface area (Å²) in [6, 6.07) is 0. The average Bonchev–Trinajstić information content (AvgIpc) is 2.18. The minimum Gasteiger partial charge on any atom is -0.304 e. The Morgan fingerprint density at radius 3 is 1.69 bits per heavy atom. The van der Waals surface area contributed by atoms with Gasteiger partial charge in [0.25, 0.3) is 0 Å². The van der Waals surface area contributed by atoms with Crippen molar-refractivity contribution in [3.63, 3.8) is 0 Å². The first-order chi connectivity index (χ1) is 6.26. The number of thiol groups is 1. The van der Waals surface area contributed by atoms with Crippen LogP contribution in [0.3, 0.4) is 0 Å². The maximum Gasteiger partial charge on any atom is 0.00938 e. The van der Waals surface area contributed by atoms with Crippen LogP contribution in [-0.4, -0.2) is 30.3 Å². The third-order valence-corrected chi connectivity index (χ3v) is 2.14. The molecule has 0 spiro atoms. The molecule has 0 bridgehead atoms. The fourth-order valence-corrected chi connectivity index (χ4v) is 1.01. The van der Waals surface area contributed by atoms with Crippen LogP contribution in [0.15, 0.2) is 0 Å². The molecule has 0 N–H and O–H groups in total. The third-order valence-electron chi connectivity index (χ3n) is 1.82. The summed E-state index contributed by atoms with van der Waals surface area (Å²) < 4.78 is 0. The second kappa shape index (κ2) is 14.4. The molecule has 0 aromatic heterocycles. The lowest BCUT2D eigenvalue weighted by atomic mass is 10.4. The average molecular weight is 201 g/mol. The number of terminal acetylenes is 1. The Kier molecular flexibility index (Phi) is 17.0. The largest absolute Gasteiger partial charge is 0.304 e. The van der Waals surface area contributed by atoms with Crippen LogP contribution in [0.5, 0.6) is 0 Å². The SMILES string of the molecule is C#CCCCS.CCN(CC)CC. The van der Waals surface area contributed by atoms with Gasteiger partial charge < -0.3 is 4.90 Å². The molecule has 0 aromatic carbocycles. The molecule has 0 radical (unpaired) electrons. The third kappa shape index (κ3) is 14.7. The molecule has 0 aliphatic carbocycles. The maximum atomic E-state index is 4.93. The Morgan fingerprint density at radius 1 is 1.15 bits per heavy atom. The summed E-state index contributed by atoms with van der Waals surface area (Å²) in [5, 5.41) is 0. The Labute approximate surface area is 89.3 Å². The van der Waals surface area contributed by atoms with Gasteiger partial charge >= 0.3 is 0 Å². The summed E-state index contributed by atoms with van der Waals surface area (Å²) >= 11 is 3.96. The van der Waals surface area contributed by atoms with E-state index in [1.807, 2.05) is 0 Å². The topological polar surface area (TPSA) is 3.24 Å². The summed E-state index contributed by atoms with van der Waals surface area (Å²) in [6.45, 7) is 10.1. The van der Waals surface area contributed by atoms with E-state index < -0.39 is 0 Å². The van der Waals surface area contributed by atoms with Gasteiger partial charge in [-0.1, -0.05) is 20.8 Å². The summed E-state index contributed by atoms with van der Waals surface area (Å²) in [5.74, 6) is 3.43. The molecule has 78 valence electrons. The molecule has 0 aliphatic rings. The van der Waals surface area contributed by atoms with Crippen molar-refractivity contribution >= 4 is 12.6 Å². The van der Waals surface area contributed by atoms with E-state index >= 15 is 0 Å². The standard InChI is InChI=1S/C6H15N.C5H8S/c1-4-7(5-2)6-3;1-2-3-4-5-6/h4-6H2,1-3H3;1,6H,3-5H2. The Balaban J connectivity index is 0. The van der Waals surface area contributed by atoms with Gasteiger partial charge in [-0.3, -0.25) is 0 Å². The van der Waals surface area contributed by atoms with Gasteiger partial charge in [0.15, 0.2) is 0 Å². The molecule has 0 saturated heterocycles. The van der Waals surface area contributed by atoms with Gasteiger partial charge in [-0.15, -0.1) is 12.3 Å². The van der Waals surface area contributed by atoms with Gasteiger partial charge in [-0.05, 0) is 31.8 Å². The van der Waals surface area contributed by atoms with Gasteiger partial charge in [-0.2, -0.15) is 12.6 Å². The number of rotatable bonds is 5. The Hall–Kier alpha value is -0.130.